The van der Waals surface area contributed by atoms with Gasteiger partial charge in [-0.2, -0.15) is 5.26 Å². The number of nitrogens with zero attached hydrogens (tertiary/aromatic N) is 1. The molecule has 0 aliphatic rings. The van der Waals surface area contributed by atoms with Crippen LogP contribution in [0.4, 0.5) is 0 Å². The lowest BCUT2D eigenvalue weighted by Crippen LogP contribution is -2.11. The monoisotopic (exact) mass is 417 g/mol. The van der Waals surface area contributed by atoms with Gasteiger partial charge in [-0.3, -0.25) is 4.79 Å². The zero-order valence-corrected chi connectivity index (χ0v) is 14.1. The first-order valence-corrected chi connectivity index (χ1v) is 7.91. The maximum atomic E-state index is 12.5. The van der Waals surface area contributed by atoms with Gasteiger partial charge in [-0.25, -0.2) is 0 Å². The first-order valence-electron chi connectivity index (χ1n) is 5.58. The third-order valence-electron chi connectivity index (χ3n) is 2.75. The van der Waals surface area contributed by atoms with Crippen LogP contribution >= 0.6 is 45.5 Å². The minimum Gasteiger partial charge on any atom is -0.496 e. The predicted octanol–water partition coefficient (Wildman–Crippen LogP) is 4.50. The zero-order valence-electron chi connectivity index (χ0n) is 10.4. The quantitative estimate of drug-likeness (QED) is 0.543. The van der Waals surface area contributed by atoms with Crippen LogP contribution in [0.15, 0.2) is 29.6 Å². The lowest BCUT2D eigenvalue weighted by Gasteiger charge is -2.12. The van der Waals surface area contributed by atoms with Crippen molar-refractivity contribution in [1.29, 1.82) is 5.26 Å². The number of Topliss-reactive ketones (excluding diaryl/α,β-unsaturated/α-hetero) is 1. The highest BCUT2D eigenvalue weighted by Crippen LogP contribution is 2.32. The van der Waals surface area contributed by atoms with Crippen molar-refractivity contribution in [3.63, 3.8) is 0 Å². The van der Waals surface area contributed by atoms with E-state index in [0.717, 1.165) is 2.88 Å². The van der Waals surface area contributed by atoms with Gasteiger partial charge in [0.1, 0.15) is 11.7 Å². The van der Waals surface area contributed by atoms with Crippen molar-refractivity contribution in [3.05, 3.63) is 48.7 Å². The van der Waals surface area contributed by atoms with Crippen LogP contribution in [-0.4, -0.2) is 12.9 Å². The molecule has 0 N–H and O–H groups in total. The molecule has 2 aromatic rings. The van der Waals surface area contributed by atoms with Crippen molar-refractivity contribution in [3.8, 4) is 11.8 Å². The number of carbonyl (C=O) groups excluding carboxylic acids is 1. The average Bonchev–Trinajstić information content (AvgIpc) is 2.86. The van der Waals surface area contributed by atoms with E-state index in [0.29, 0.717) is 21.9 Å². The van der Waals surface area contributed by atoms with E-state index >= 15 is 0 Å². The molecule has 0 aliphatic carbocycles. The molecule has 1 aromatic heterocycles. The molecule has 0 aliphatic heterocycles. The standard InChI is InChI=1S/C14H9ClINO2S/c1-19-12-3-2-9(15)5-10(12)11(6-17)14(18)8-4-13(16)20-7-8/h2-5,7,11H,1H3. The second kappa shape index (κ2) is 6.57. The Morgan fingerprint density at radius 3 is 2.80 bits per heavy atom. The average molecular weight is 418 g/mol. The summed E-state index contributed by atoms with van der Waals surface area (Å²) in [6, 6.07) is 8.74. The van der Waals surface area contributed by atoms with Gasteiger partial charge < -0.3 is 4.74 Å². The Bertz CT molecular complexity index is 693. The van der Waals surface area contributed by atoms with E-state index in [1.807, 2.05) is 6.07 Å². The van der Waals surface area contributed by atoms with E-state index in [-0.39, 0.29) is 5.78 Å². The maximum absolute atomic E-state index is 12.5. The smallest absolute Gasteiger partial charge is 0.185 e. The molecule has 0 saturated carbocycles. The highest BCUT2D eigenvalue weighted by atomic mass is 127. The van der Waals surface area contributed by atoms with Gasteiger partial charge in [0, 0.05) is 21.5 Å². The molecule has 0 spiro atoms. The van der Waals surface area contributed by atoms with Crippen LogP contribution in [0.2, 0.25) is 5.02 Å². The largest absolute Gasteiger partial charge is 0.496 e. The summed E-state index contributed by atoms with van der Waals surface area (Å²) in [7, 11) is 1.50. The van der Waals surface area contributed by atoms with Crippen LogP contribution in [0, 0.1) is 14.2 Å². The highest BCUT2D eigenvalue weighted by Gasteiger charge is 2.26. The van der Waals surface area contributed by atoms with Crippen molar-refractivity contribution < 1.29 is 9.53 Å². The number of benzene rings is 1. The molecule has 3 nitrogen and oxygen atoms in total. The molecule has 6 heteroatoms. The van der Waals surface area contributed by atoms with E-state index in [1.165, 1.54) is 18.4 Å². The van der Waals surface area contributed by atoms with Crippen LogP contribution in [0.5, 0.6) is 5.75 Å². The Morgan fingerprint density at radius 1 is 1.50 bits per heavy atom. The van der Waals surface area contributed by atoms with Gasteiger partial charge in [-0.1, -0.05) is 11.6 Å². The Hall–Kier alpha value is -1.10. The van der Waals surface area contributed by atoms with E-state index in [1.54, 1.807) is 29.6 Å². The molecule has 1 atom stereocenters. The SMILES string of the molecule is COc1ccc(Cl)cc1C(C#N)C(=O)c1csc(I)c1. The summed E-state index contributed by atoms with van der Waals surface area (Å²) in [5.41, 5.74) is 1.03. The van der Waals surface area contributed by atoms with E-state index < -0.39 is 5.92 Å². The molecular formula is C14H9ClINO2S. The molecule has 0 radical (unpaired) electrons. The fourth-order valence-electron chi connectivity index (χ4n) is 1.81. The van der Waals surface area contributed by atoms with Crippen molar-refractivity contribution >= 4 is 51.3 Å². The number of carbonyl (C=O) groups is 1. The number of nitriles is 1. The van der Waals surface area contributed by atoms with Gasteiger partial charge in [0.05, 0.1) is 16.1 Å². The fraction of sp³-hybridized carbons (Fsp3) is 0.143. The van der Waals surface area contributed by atoms with Crippen molar-refractivity contribution in [2.24, 2.45) is 0 Å². The van der Waals surface area contributed by atoms with E-state index in [2.05, 4.69) is 22.6 Å². The highest BCUT2D eigenvalue weighted by molar-refractivity contribution is 14.1. The molecule has 0 bridgehead atoms. The maximum Gasteiger partial charge on any atom is 0.185 e. The summed E-state index contributed by atoms with van der Waals surface area (Å²) in [4.78, 5) is 12.5. The van der Waals surface area contributed by atoms with Gasteiger partial charge in [0.25, 0.3) is 0 Å². The van der Waals surface area contributed by atoms with Crippen LogP contribution in [0.1, 0.15) is 21.8 Å². The molecule has 102 valence electrons. The minimum atomic E-state index is -0.922. The molecule has 0 amide bonds. The molecule has 1 aromatic carbocycles. The Kier molecular flexibility index (Phi) is 5.02. The summed E-state index contributed by atoms with van der Waals surface area (Å²) < 4.78 is 6.21. The molecule has 20 heavy (non-hydrogen) atoms. The molecule has 1 unspecified atom stereocenters. The summed E-state index contributed by atoms with van der Waals surface area (Å²) in [6.45, 7) is 0. The van der Waals surface area contributed by atoms with Crippen molar-refractivity contribution in [1.82, 2.24) is 0 Å². The first-order chi connectivity index (χ1) is 9.56. The molecule has 1 heterocycles. The Morgan fingerprint density at radius 2 is 2.25 bits per heavy atom. The van der Waals surface area contributed by atoms with Gasteiger partial charge in [-0.05, 0) is 46.9 Å². The topological polar surface area (TPSA) is 50.1 Å². The minimum absolute atomic E-state index is 0.243. The number of methoxy groups -OCH3 is 1. The second-order valence-electron chi connectivity index (χ2n) is 3.95. The molecule has 0 fully saturated rings. The number of thiophene rings is 1. The van der Waals surface area contributed by atoms with Gasteiger partial charge >= 0.3 is 0 Å². The fourth-order valence-corrected chi connectivity index (χ4v) is 3.32. The lowest BCUT2D eigenvalue weighted by atomic mass is 9.92. The van der Waals surface area contributed by atoms with Crippen LogP contribution < -0.4 is 4.74 Å². The number of hydrogen-bond donors (Lipinski definition) is 0. The van der Waals surface area contributed by atoms with Crippen LogP contribution in [0.25, 0.3) is 0 Å². The number of ketones is 1. The lowest BCUT2D eigenvalue weighted by molar-refractivity contribution is 0.0978. The molecule has 2 rings (SSSR count). The van der Waals surface area contributed by atoms with Gasteiger partial charge in [-0.15, -0.1) is 11.3 Å². The van der Waals surface area contributed by atoms with Crippen LogP contribution in [0.3, 0.4) is 0 Å². The first kappa shape index (κ1) is 15.3. The Balaban J connectivity index is 2.45. The van der Waals surface area contributed by atoms with Gasteiger partial charge in [0.15, 0.2) is 5.78 Å². The normalized spacial score (nSPS) is 11.7. The van der Waals surface area contributed by atoms with E-state index in [4.69, 9.17) is 16.3 Å². The summed E-state index contributed by atoms with van der Waals surface area (Å²) in [5.74, 6) is -0.680. The molecule has 0 saturated heterocycles. The summed E-state index contributed by atoms with van der Waals surface area (Å²) in [5, 5.41) is 11.6. The summed E-state index contributed by atoms with van der Waals surface area (Å²) in [6.07, 6.45) is 0. The number of ether oxygens (including phenoxy) is 1. The third-order valence-corrected chi connectivity index (χ3v) is 4.77. The molecular weight excluding hydrogens is 409 g/mol. The number of halogens is 2. The third kappa shape index (κ3) is 3.14. The second-order valence-corrected chi connectivity index (χ2v) is 7.19. The number of hydrogen-bond acceptors (Lipinski definition) is 4. The zero-order chi connectivity index (χ0) is 14.7. The van der Waals surface area contributed by atoms with Crippen molar-refractivity contribution in [2.75, 3.05) is 7.11 Å². The van der Waals surface area contributed by atoms with Gasteiger partial charge in [0.2, 0.25) is 0 Å². The van der Waals surface area contributed by atoms with E-state index in [9.17, 15) is 10.1 Å². The van der Waals surface area contributed by atoms with Crippen LogP contribution in [-0.2, 0) is 0 Å². The Labute approximate surface area is 139 Å². The predicted molar refractivity (Wildman–Crippen MR) is 87.7 cm³/mol. The van der Waals surface area contributed by atoms with Crippen molar-refractivity contribution in [2.45, 2.75) is 5.92 Å². The number of rotatable bonds is 4. The summed E-state index contributed by atoms with van der Waals surface area (Å²) >= 11 is 9.56.